The summed E-state index contributed by atoms with van der Waals surface area (Å²) in [6.07, 6.45) is 0. The highest BCUT2D eigenvalue weighted by molar-refractivity contribution is 6.30. The van der Waals surface area contributed by atoms with E-state index in [-0.39, 0.29) is 10.7 Å². The summed E-state index contributed by atoms with van der Waals surface area (Å²) in [4.78, 5) is 11.1. The molecule has 1 aromatic carbocycles. The number of hydrogen-bond acceptors (Lipinski definition) is 4. The molecule has 0 fully saturated rings. The van der Waals surface area contributed by atoms with Gasteiger partial charge in [-0.3, -0.25) is 0 Å². The molecular weight excluding hydrogens is 313 g/mol. The lowest BCUT2D eigenvalue weighted by Crippen LogP contribution is -2.02. The first-order valence-electron chi connectivity index (χ1n) is 6.18. The van der Waals surface area contributed by atoms with E-state index < -0.39 is 11.8 Å². The van der Waals surface area contributed by atoms with Crippen LogP contribution in [0.25, 0.3) is 17.1 Å². The van der Waals surface area contributed by atoms with Crippen molar-refractivity contribution in [2.75, 3.05) is 0 Å². The third kappa shape index (κ3) is 2.46. The van der Waals surface area contributed by atoms with Crippen molar-refractivity contribution >= 4 is 17.6 Å². The van der Waals surface area contributed by atoms with Gasteiger partial charge in [0.2, 0.25) is 0 Å². The van der Waals surface area contributed by atoms with E-state index in [0.29, 0.717) is 22.8 Å². The molecule has 0 saturated heterocycles. The van der Waals surface area contributed by atoms with Crippen LogP contribution in [0.2, 0.25) is 5.02 Å². The highest BCUT2D eigenvalue weighted by Crippen LogP contribution is 2.26. The van der Waals surface area contributed by atoms with Crippen LogP contribution in [0, 0.1) is 12.7 Å². The average molecular weight is 322 g/mol. The van der Waals surface area contributed by atoms with E-state index >= 15 is 0 Å². The zero-order valence-electron chi connectivity index (χ0n) is 11.2. The van der Waals surface area contributed by atoms with Gasteiger partial charge in [-0.15, -0.1) is 0 Å². The summed E-state index contributed by atoms with van der Waals surface area (Å²) in [5.74, 6) is -1.19. The summed E-state index contributed by atoms with van der Waals surface area (Å²) >= 11 is 5.77. The summed E-state index contributed by atoms with van der Waals surface area (Å²) < 4.78 is 19.6. The molecule has 0 aliphatic carbocycles. The second-order valence-electron chi connectivity index (χ2n) is 4.55. The number of carbonyl (C=O) groups is 1. The first kappa shape index (κ1) is 14.3. The lowest BCUT2D eigenvalue weighted by molar-refractivity contribution is 0.0690. The normalized spacial score (nSPS) is 10.9. The largest absolute Gasteiger partial charge is 0.476 e. The topological polar surface area (TPSA) is 81.1 Å². The lowest BCUT2D eigenvalue weighted by atomic mass is 10.2. The molecule has 0 spiro atoms. The molecule has 112 valence electrons. The highest BCUT2D eigenvalue weighted by atomic mass is 35.5. The van der Waals surface area contributed by atoms with Crippen LogP contribution in [-0.2, 0) is 0 Å². The van der Waals surface area contributed by atoms with E-state index in [1.165, 1.54) is 28.9 Å². The number of aromatic carboxylic acids is 1. The summed E-state index contributed by atoms with van der Waals surface area (Å²) in [6.45, 7) is 1.71. The van der Waals surface area contributed by atoms with E-state index in [1.54, 1.807) is 13.0 Å². The van der Waals surface area contributed by atoms with Gasteiger partial charge in [0.05, 0.1) is 16.4 Å². The summed E-state index contributed by atoms with van der Waals surface area (Å²) in [6, 6.07) is 6.97. The van der Waals surface area contributed by atoms with E-state index in [0.717, 1.165) is 0 Å². The molecule has 3 rings (SSSR count). The fourth-order valence-corrected chi connectivity index (χ4v) is 2.14. The number of aromatic nitrogens is 3. The maximum Gasteiger partial charge on any atom is 0.356 e. The van der Waals surface area contributed by atoms with Gasteiger partial charge in [-0.2, -0.15) is 5.10 Å². The quantitative estimate of drug-likeness (QED) is 0.800. The van der Waals surface area contributed by atoms with Crippen molar-refractivity contribution in [3.8, 4) is 17.1 Å². The van der Waals surface area contributed by atoms with Gasteiger partial charge in [-0.1, -0.05) is 16.8 Å². The van der Waals surface area contributed by atoms with E-state index in [9.17, 15) is 9.18 Å². The molecule has 0 amide bonds. The Kier molecular flexibility index (Phi) is 3.42. The molecule has 1 N–H and O–H groups in total. The third-order valence-corrected chi connectivity index (χ3v) is 3.26. The van der Waals surface area contributed by atoms with Crippen molar-refractivity contribution in [1.82, 2.24) is 14.9 Å². The van der Waals surface area contributed by atoms with Gasteiger partial charge in [0.25, 0.3) is 0 Å². The van der Waals surface area contributed by atoms with Crippen LogP contribution in [0.4, 0.5) is 4.39 Å². The Balaban J connectivity index is 2.20. The Morgan fingerprint density at radius 3 is 2.73 bits per heavy atom. The molecule has 0 bridgehead atoms. The fraction of sp³-hybridized carbons (Fsp3) is 0.0714. The molecule has 0 radical (unpaired) electrons. The second kappa shape index (κ2) is 5.27. The number of carboxylic acids is 1. The summed E-state index contributed by atoms with van der Waals surface area (Å²) in [7, 11) is 0. The van der Waals surface area contributed by atoms with Crippen molar-refractivity contribution in [3.63, 3.8) is 0 Å². The lowest BCUT2D eigenvalue weighted by Gasteiger charge is -2.06. The minimum absolute atomic E-state index is 0.0906. The molecular formula is C14H9ClFN3O3. The van der Waals surface area contributed by atoms with E-state index in [1.807, 2.05) is 0 Å². The Bertz CT molecular complexity index is 872. The Labute approximate surface area is 128 Å². The SMILES string of the molecule is Cc1cc(-c2cc(C(=O)O)nn2-c2ccc(F)c(Cl)c2)no1. The van der Waals surface area contributed by atoms with Gasteiger partial charge in [-0.05, 0) is 25.1 Å². The van der Waals surface area contributed by atoms with Crippen LogP contribution < -0.4 is 0 Å². The molecule has 0 aliphatic rings. The molecule has 2 aromatic heterocycles. The van der Waals surface area contributed by atoms with Crippen LogP contribution in [0.3, 0.4) is 0 Å². The Morgan fingerprint density at radius 1 is 1.36 bits per heavy atom. The van der Waals surface area contributed by atoms with Crippen LogP contribution in [-0.4, -0.2) is 26.0 Å². The van der Waals surface area contributed by atoms with Crippen molar-refractivity contribution in [2.24, 2.45) is 0 Å². The average Bonchev–Trinajstić information content (AvgIpc) is 3.08. The van der Waals surface area contributed by atoms with E-state index in [4.69, 9.17) is 21.2 Å². The number of benzene rings is 1. The molecule has 0 unspecified atom stereocenters. The zero-order chi connectivity index (χ0) is 15.9. The maximum absolute atomic E-state index is 13.3. The zero-order valence-corrected chi connectivity index (χ0v) is 12.0. The fourth-order valence-electron chi connectivity index (χ4n) is 1.97. The van der Waals surface area contributed by atoms with Crippen LogP contribution in [0.15, 0.2) is 34.9 Å². The number of nitrogens with zero attached hydrogens (tertiary/aromatic N) is 3. The Hall–Kier alpha value is -2.67. The molecule has 0 atom stereocenters. The van der Waals surface area contributed by atoms with Crippen LogP contribution >= 0.6 is 11.6 Å². The predicted octanol–water partition coefficient (Wildman–Crippen LogP) is 3.33. The first-order valence-corrected chi connectivity index (χ1v) is 6.56. The van der Waals surface area contributed by atoms with Crippen LogP contribution in [0.5, 0.6) is 0 Å². The summed E-state index contributed by atoms with van der Waals surface area (Å²) in [5, 5.41) is 16.9. The number of halogens is 2. The second-order valence-corrected chi connectivity index (χ2v) is 4.96. The van der Waals surface area contributed by atoms with Crippen LogP contribution in [0.1, 0.15) is 16.2 Å². The molecule has 0 aliphatic heterocycles. The third-order valence-electron chi connectivity index (χ3n) is 2.97. The van der Waals surface area contributed by atoms with Gasteiger partial charge >= 0.3 is 5.97 Å². The minimum Gasteiger partial charge on any atom is -0.476 e. The molecule has 3 aromatic rings. The minimum atomic E-state index is -1.19. The number of hydrogen-bond donors (Lipinski definition) is 1. The van der Waals surface area contributed by atoms with Crippen molar-refractivity contribution in [1.29, 1.82) is 0 Å². The van der Waals surface area contributed by atoms with Crippen molar-refractivity contribution < 1.29 is 18.8 Å². The molecule has 0 saturated carbocycles. The predicted molar refractivity (Wildman–Crippen MR) is 75.7 cm³/mol. The number of aryl methyl sites for hydroxylation is 1. The molecule has 6 nitrogen and oxygen atoms in total. The smallest absolute Gasteiger partial charge is 0.356 e. The van der Waals surface area contributed by atoms with Gasteiger partial charge in [-0.25, -0.2) is 13.9 Å². The molecule has 8 heteroatoms. The molecule has 2 heterocycles. The van der Waals surface area contributed by atoms with Crippen molar-refractivity contribution in [2.45, 2.75) is 6.92 Å². The number of carboxylic acid groups (broad SMARTS) is 1. The first-order chi connectivity index (χ1) is 10.5. The Morgan fingerprint density at radius 2 is 2.14 bits per heavy atom. The van der Waals surface area contributed by atoms with E-state index in [2.05, 4.69) is 10.3 Å². The summed E-state index contributed by atoms with van der Waals surface area (Å²) in [5.41, 5.74) is 1.06. The van der Waals surface area contributed by atoms with Gasteiger partial charge in [0.1, 0.15) is 17.3 Å². The van der Waals surface area contributed by atoms with Gasteiger partial charge < -0.3 is 9.63 Å². The monoisotopic (exact) mass is 321 g/mol. The van der Waals surface area contributed by atoms with Gasteiger partial charge in [0.15, 0.2) is 5.69 Å². The highest BCUT2D eigenvalue weighted by Gasteiger charge is 2.19. The molecule has 22 heavy (non-hydrogen) atoms. The van der Waals surface area contributed by atoms with Crippen molar-refractivity contribution in [3.05, 3.63) is 52.6 Å². The standard InChI is InChI=1S/C14H9ClFN3O3/c1-7-4-11(18-22-7)13-6-12(14(20)21)17-19(13)8-2-3-10(16)9(15)5-8/h2-6H,1H3,(H,20,21). The maximum atomic E-state index is 13.3. The number of rotatable bonds is 3. The van der Waals surface area contributed by atoms with Gasteiger partial charge in [0, 0.05) is 12.1 Å².